The Morgan fingerprint density at radius 1 is 1.55 bits per heavy atom. The van der Waals surface area contributed by atoms with Crippen LogP contribution in [0.5, 0.6) is 0 Å². The van der Waals surface area contributed by atoms with Crippen molar-refractivity contribution in [1.82, 2.24) is 4.98 Å². The molecule has 0 aliphatic rings. The third-order valence-corrected chi connectivity index (χ3v) is 1.16. The van der Waals surface area contributed by atoms with Crippen LogP contribution in [0.15, 0.2) is 29.7 Å². The van der Waals surface area contributed by atoms with Crippen molar-refractivity contribution in [3.8, 4) is 0 Å². The first-order valence-electron chi connectivity index (χ1n) is 3.23. The van der Waals surface area contributed by atoms with E-state index in [1.54, 1.807) is 12.4 Å². The third kappa shape index (κ3) is 2.66. The van der Waals surface area contributed by atoms with Gasteiger partial charge in [0.15, 0.2) is 0 Å². The highest BCUT2D eigenvalue weighted by molar-refractivity contribution is 5.63. The van der Waals surface area contributed by atoms with Gasteiger partial charge in [0.05, 0.1) is 12.8 Å². The molecule has 0 bridgehead atoms. The number of nitrogens with one attached hydrogen (secondary N) is 1. The molecule has 11 heavy (non-hydrogen) atoms. The van der Waals surface area contributed by atoms with E-state index in [2.05, 4.69) is 15.5 Å². The van der Waals surface area contributed by atoms with Gasteiger partial charge < -0.3 is 10.5 Å². The van der Waals surface area contributed by atoms with Crippen molar-refractivity contribution in [1.29, 1.82) is 0 Å². The lowest BCUT2D eigenvalue weighted by atomic mass is 10.4. The molecule has 1 aromatic heterocycles. The molecule has 0 aromatic carbocycles. The van der Waals surface area contributed by atoms with Crippen molar-refractivity contribution >= 4 is 11.9 Å². The Morgan fingerprint density at radius 3 is 2.91 bits per heavy atom. The molecule has 58 valence electrons. The minimum absolute atomic E-state index is 0.514. The van der Waals surface area contributed by atoms with Crippen molar-refractivity contribution in [2.24, 2.45) is 5.16 Å². The van der Waals surface area contributed by atoms with Crippen molar-refractivity contribution in [3.63, 3.8) is 0 Å². The molecular formula is C7H9N3O. The van der Waals surface area contributed by atoms with Gasteiger partial charge in [0.1, 0.15) is 0 Å². The predicted molar refractivity (Wildman–Crippen MR) is 43.0 cm³/mol. The van der Waals surface area contributed by atoms with Crippen LogP contribution in [0.1, 0.15) is 0 Å². The van der Waals surface area contributed by atoms with E-state index in [4.69, 9.17) is 5.21 Å². The monoisotopic (exact) mass is 151 g/mol. The van der Waals surface area contributed by atoms with Gasteiger partial charge in [-0.1, -0.05) is 0 Å². The summed E-state index contributed by atoms with van der Waals surface area (Å²) in [7, 11) is 0. The SMILES string of the molecule is ON=CCNc1ccncc1. The summed E-state index contributed by atoms with van der Waals surface area (Å²) in [5, 5.41) is 13.9. The Labute approximate surface area is 64.6 Å². The Balaban J connectivity index is 2.39. The molecule has 0 radical (unpaired) electrons. The van der Waals surface area contributed by atoms with Gasteiger partial charge in [0, 0.05) is 18.1 Å². The molecule has 1 rings (SSSR count). The largest absolute Gasteiger partial charge is 0.411 e. The number of pyridine rings is 1. The summed E-state index contributed by atoms with van der Waals surface area (Å²) in [6.07, 6.45) is 4.76. The first kappa shape index (κ1) is 7.53. The van der Waals surface area contributed by atoms with Crippen molar-refractivity contribution in [2.45, 2.75) is 0 Å². The lowest BCUT2D eigenvalue weighted by Crippen LogP contribution is -2.01. The van der Waals surface area contributed by atoms with Gasteiger partial charge in [0.2, 0.25) is 0 Å². The molecule has 0 amide bonds. The molecule has 0 saturated carbocycles. The summed E-state index contributed by atoms with van der Waals surface area (Å²) in [5.41, 5.74) is 0.958. The summed E-state index contributed by atoms with van der Waals surface area (Å²) >= 11 is 0. The highest BCUT2D eigenvalue weighted by Crippen LogP contribution is 2.00. The molecular weight excluding hydrogens is 142 g/mol. The van der Waals surface area contributed by atoms with E-state index < -0.39 is 0 Å². The summed E-state index contributed by atoms with van der Waals surface area (Å²) in [6, 6.07) is 3.68. The predicted octanol–water partition coefficient (Wildman–Crippen LogP) is 0.953. The summed E-state index contributed by atoms with van der Waals surface area (Å²) in [6.45, 7) is 0.514. The average Bonchev–Trinajstić information content (AvgIpc) is 2.07. The van der Waals surface area contributed by atoms with E-state index in [1.807, 2.05) is 12.1 Å². The number of nitrogens with zero attached hydrogens (tertiary/aromatic N) is 2. The van der Waals surface area contributed by atoms with Crippen LogP contribution >= 0.6 is 0 Å². The van der Waals surface area contributed by atoms with Gasteiger partial charge in [-0.15, -0.1) is 5.16 Å². The molecule has 1 aromatic rings. The molecule has 4 nitrogen and oxygen atoms in total. The van der Waals surface area contributed by atoms with Gasteiger partial charge in [0.25, 0.3) is 0 Å². The molecule has 4 heteroatoms. The van der Waals surface area contributed by atoms with Crippen molar-refractivity contribution < 1.29 is 5.21 Å². The second kappa shape index (κ2) is 4.27. The third-order valence-electron chi connectivity index (χ3n) is 1.16. The van der Waals surface area contributed by atoms with E-state index in [9.17, 15) is 0 Å². The van der Waals surface area contributed by atoms with Crippen LogP contribution in [0.3, 0.4) is 0 Å². The maximum atomic E-state index is 8.06. The highest BCUT2D eigenvalue weighted by Gasteiger charge is 1.84. The lowest BCUT2D eigenvalue weighted by molar-refractivity contribution is 0.321. The normalized spacial score (nSPS) is 10.2. The summed E-state index contributed by atoms with van der Waals surface area (Å²) in [4.78, 5) is 3.85. The minimum atomic E-state index is 0.514. The van der Waals surface area contributed by atoms with E-state index in [1.165, 1.54) is 6.21 Å². The maximum absolute atomic E-state index is 8.06. The Hall–Kier alpha value is -1.58. The van der Waals surface area contributed by atoms with Crippen LogP contribution in [0, 0.1) is 0 Å². The quantitative estimate of drug-likeness (QED) is 0.384. The van der Waals surface area contributed by atoms with Crippen LogP contribution in [0.2, 0.25) is 0 Å². The Bertz CT molecular complexity index is 222. The molecule has 0 atom stereocenters. The smallest absolute Gasteiger partial charge is 0.0627 e. The molecule has 0 aliphatic carbocycles. The zero-order valence-electron chi connectivity index (χ0n) is 5.94. The van der Waals surface area contributed by atoms with Crippen molar-refractivity contribution in [3.05, 3.63) is 24.5 Å². The Kier molecular flexibility index (Phi) is 2.92. The molecule has 0 saturated heterocycles. The first-order chi connectivity index (χ1) is 5.43. The fourth-order valence-electron chi connectivity index (χ4n) is 0.674. The van der Waals surface area contributed by atoms with Crippen LogP contribution in [0.4, 0.5) is 5.69 Å². The number of oxime groups is 1. The number of hydrogen-bond acceptors (Lipinski definition) is 4. The summed E-state index contributed by atoms with van der Waals surface area (Å²) < 4.78 is 0. The second-order valence-electron chi connectivity index (χ2n) is 1.91. The number of hydrogen-bond donors (Lipinski definition) is 2. The van der Waals surface area contributed by atoms with E-state index in [0.717, 1.165) is 5.69 Å². The fraction of sp³-hybridized carbons (Fsp3) is 0.143. The maximum Gasteiger partial charge on any atom is 0.0627 e. The van der Waals surface area contributed by atoms with Crippen LogP contribution < -0.4 is 5.32 Å². The average molecular weight is 151 g/mol. The molecule has 0 aliphatic heterocycles. The number of rotatable bonds is 3. The molecule has 1 heterocycles. The van der Waals surface area contributed by atoms with E-state index in [0.29, 0.717) is 6.54 Å². The first-order valence-corrected chi connectivity index (χ1v) is 3.23. The van der Waals surface area contributed by atoms with Crippen molar-refractivity contribution in [2.75, 3.05) is 11.9 Å². The van der Waals surface area contributed by atoms with E-state index in [-0.39, 0.29) is 0 Å². The number of anilines is 1. The standard InChI is InChI=1S/C7H9N3O/c11-10-6-5-9-7-1-3-8-4-2-7/h1-4,6,11H,5H2,(H,8,9). The lowest BCUT2D eigenvalue weighted by Gasteiger charge is -1.99. The van der Waals surface area contributed by atoms with Gasteiger partial charge in [-0.25, -0.2) is 0 Å². The molecule has 2 N–H and O–H groups in total. The molecule has 0 unspecified atom stereocenters. The van der Waals surface area contributed by atoms with Crippen LogP contribution in [-0.4, -0.2) is 23.0 Å². The van der Waals surface area contributed by atoms with Crippen LogP contribution in [0.25, 0.3) is 0 Å². The Morgan fingerprint density at radius 2 is 2.27 bits per heavy atom. The zero-order chi connectivity index (χ0) is 7.94. The summed E-state index contributed by atoms with van der Waals surface area (Å²) in [5.74, 6) is 0. The van der Waals surface area contributed by atoms with E-state index >= 15 is 0 Å². The molecule has 0 fully saturated rings. The fourth-order valence-corrected chi connectivity index (χ4v) is 0.674. The zero-order valence-corrected chi connectivity index (χ0v) is 5.94. The number of aromatic nitrogens is 1. The van der Waals surface area contributed by atoms with Gasteiger partial charge in [-0.2, -0.15) is 0 Å². The van der Waals surface area contributed by atoms with Gasteiger partial charge >= 0.3 is 0 Å². The van der Waals surface area contributed by atoms with Gasteiger partial charge in [-0.05, 0) is 12.1 Å². The van der Waals surface area contributed by atoms with Crippen LogP contribution in [-0.2, 0) is 0 Å². The topological polar surface area (TPSA) is 57.5 Å². The highest BCUT2D eigenvalue weighted by atomic mass is 16.4. The molecule has 0 spiro atoms. The van der Waals surface area contributed by atoms with Gasteiger partial charge in [-0.3, -0.25) is 4.98 Å². The minimum Gasteiger partial charge on any atom is -0.411 e. The second-order valence-corrected chi connectivity index (χ2v) is 1.91.